The minimum absolute atomic E-state index is 0.118. The van der Waals surface area contributed by atoms with Crippen LogP contribution in [-0.4, -0.2) is 52.7 Å². The summed E-state index contributed by atoms with van der Waals surface area (Å²) in [5.41, 5.74) is 0.548. The second kappa shape index (κ2) is 12.2. The Hall–Kier alpha value is -3.13. The zero-order valence-corrected chi connectivity index (χ0v) is 21.3. The van der Waals surface area contributed by atoms with Gasteiger partial charge in [0.2, 0.25) is 0 Å². The van der Waals surface area contributed by atoms with E-state index in [1.807, 2.05) is 6.92 Å². The normalized spacial score (nSPS) is 20.9. The summed E-state index contributed by atoms with van der Waals surface area (Å²) in [6.45, 7) is 5.80. The number of aliphatic hydroxyl groups is 1. The largest absolute Gasteiger partial charge is 0.498 e. The molecule has 0 amide bonds. The number of ether oxygens (including phenoxy) is 3. The number of aliphatic carboxylic acids is 1. The first kappa shape index (κ1) is 27.5. The van der Waals surface area contributed by atoms with Crippen molar-refractivity contribution in [2.45, 2.75) is 83.8 Å². The van der Waals surface area contributed by atoms with Gasteiger partial charge in [-0.15, -0.1) is 0 Å². The smallest absolute Gasteiger partial charge is 0.344 e. The molecule has 0 bridgehead atoms. The third-order valence-electron chi connectivity index (χ3n) is 6.54. The summed E-state index contributed by atoms with van der Waals surface area (Å²) in [5, 5.41) is 20.2. The van der Waals surface area contributed by atoms with Gasteiger partial charge in [-0.05, 0) is 76.2 Å². The van der Waals surface area contributed by atoms with Crippen LogP contribution in [0.5, 0.6) is 11.5 Å². The number of aryl methyl sites for hydroxylation is 1. The van der Waals surface area contributed by atoms with Crippen molar-refractivity contribution in [2.75, 3.05) is 13.2 Å². The van der Waals surface area contributed by atoms with Crippen LogP contribution < -0.4 is 9.47 Å². The lowest BCUT2D eigenvalue weighted by molar-refractivity contribution is -0.145. The Balaban J connectivity index is 1.47. The van der Waals surface area contributed by atoms with Crippen LogP contribution in [-0.2, 0) is 20.7 Å². The van der Waals surface area contributed by atoms with Gasteiger partial charge in [-0.1, -0.05) is 13.3 Å². The molecule has 196 valence electrons. The monoisotopic (exact) mass is 500 g/mol. The number of benzene rings is 1. The second-order valence-electron chi connectivity index (χ2n) is 9.48. The molecule has 0 saturated heterocycles. The van der Waals surface area contributed by atoms with E-state index in [2.05, 4.69) is 0 Å². The molecule has 1 heterocycles. The summed E-state index contributed by atoms with van der Waals surface area (Å²) in [6.07, 6.45) is 7.35. The summed E-state index contributed by atoms with van der Waals surface area (Å²) in [5.74, 6) is 0.281. The van der Waals surface area contributed by atoms with E-state index >= 15 is 0 Å². The molecule has 8 heteroatoms. The molecule has 0 saturated carbocycles. The number of hydrogen-bond acceptors (Lipinski definition) is 7. The number of allylic oxidation sites excluding steroid dienone is 2. The maximum absolute atomic E-state index is 12.1. The highest BCUT2D eigenvalue weighted by Gasteiger charge is 2.36. The number of Topliss-reactive ketones (excluding diaryl/α,β-unsaturated/α-hetero) is 2. The minimum atomic E-state index is -1.17. The highest BCUT2D eigenvalue weighted by molar-refractivity contribution is 5.97. The molecule has 0 radical (unpaired) electrons. The van der Waals surface area contributed by atoms with Crippen molar-refractivity contribution < 1.29 is 38.8 Å². The molecular formula is C28H36O8. The van der Waals surface area contributed by atoms with Gasteiger partial charge in [0.25, 0.3) is 0 Å². The lowest BCUT2D eigenvalue weighted by Crippen LogP contribution is -2.36. The molecule has 8 nitrogen and oxygen atoms in total. The van der Waals surface area contributed by atoms with Gasteiger partial charge in [0.15, 0.2) is 17.7 Å². The molecule has 1 aromatic rings. The number of carbonyl (C=O) groups excluding carboxylic acids is 2. The topological polar surface area (TPSA) is 119 Å². The van der Waals surface area contributed by atoms with Crippen molar-refractivity contribution in [3.63, 3.8) is 0 Å². The van der Waals surface area contributed by atoms with Crippen molar-refractivity contribution in [3.05, 3.63) is 46.7 Å². The van der Waals surface area contributed by atoms with Gasteiger partial charge < -0.3 is 24.4 Å². The minimum Gasteiger partial charge on any atom is -0.498 e. The first-order valence-electron chi connectivity index (χ1n) is 12.6. The molecule has 0 spiro atoms. The molecule has 1 unspecified atom stereocenters. The highest BCUT2D eigenvalue weighted by atomic mass is 16.5. The molecule has 1 aliphatic heterocycles. The second-order valence-corrected chi connectivity index (χ2v) is 9.48. The van der Waals surface area contributed by atoms with Crippen molar-refractivity contribution in [3.8, 4) is 11.5 Å². The molecule has 3 rings (SSSR count). The van der Waals surface area contributed by atoms with Gasteiger partial charge in [-0.25, -0.2) is 4.79 Å². The quantitative estimate of drug-likeness (QED) is 0.299. The zero-order chi connectivity index (χ0) is 26.3. The van der Waals surface area contributed by atoms with E-state index in [-0.39, 0.29) is 11.6 Å². The standard InChI is InChI=1S/C28H36O8/c1-4-12-28(33)17-21(9-10-23(28)19(3)30)34-13-6-5-7-14-35-26-16-25-20(15-22(26)18(2)29)8-11-24(36-25)27(31)32/h9-10,15-16,24,33H,4-8,11-14,17H2,1-3H3,(H,31,32)/t24-,28?/m0/s1. The van der Waals surface area contributed by atoms with Gasteiger partial charge in [0, 0.05) is 18.1 Å². The van der Waals surface area contributed by atoms with Crippen molar-refractivity contribution in [2.24, 2.45) is 0 Å². The molecule has 2 atom stereocenters. The fourth-order valence-electron chi connectivity index (χ4n) is 4.70. The van der Waals surface area contributed by atoms with Crippen molar-refractivity contribution in [1.29, 1.82) is 0 Å². The van der Waals surface area contributed by atoms with Gasteiger partial charge in [0.1, 0.15) is 17.1 Å². The van der Waals surface area contributed by atoms with E-state index < -0.39 is 17.7 Å². The van der Waals surface area contributed by atoms with Gasteiger partial charge in [-0.2, -0.15) is 0 Å². The first-order valence-corrected chi connectivity index (χ1v) is 12.6. The Morgan fingerprint density at radius 1 is 1.06 bits per heavy atom. The summed E-state index contributed by atoms with van der Waals surface area (Å²) >= 11 is 0. The Morgan fingerprint density at radius 3 is 2.42 bits per heavy atom. The molecule has 1 aromatic carbocycles. The summed E-state index contributed by atoms with van der Waals surface area (Å²) in [4.78, 5) is 35.3. The Kier molecular flexibility index (Phi) is 9.31. The van der Waals surface area contributed by atoms with E-state index in [1.54, 1.807) is 24.3 Å². The summed E-state index contributed by atoms with van der Waals surface area (Å²) < 4.78 is 17.3. The number of fused-ring (bicyclic) bond motifs is 1. The number of unbranched alkanes of at least 4 members (excludes halogenated alkanes) is 2. The number of carbonyl (C=O) groups is 3. The van der Waals surface area contributed by atoms with Crippen LogP contribution >= 0.6 is 0 Å². The summed E-state index contributed by atoms with van der Waals surface area (Å²) in [7, 11) is 0. The maximum Gasteiger partial charge on any atom is 0.344 e. The molecule has 2 aliphatic rings. The summed E-state index contributed by atoms with van der Waals surface area (Å²) in [6, 6.07) is 3.36. The van der Waals surface area contributed by atoms with E-state index in [0.717, 1.165) is 31.2 Å². The van der Waals surface area contributed by atoms with Crippen LogP contribution in [0.25, 0.3) is 0 Å². The molecular weight excluding hydrogens is 464 g/mol. The number of ketones is 2. The fraction of sp³-hybridized carbons (Fsp3) is 0.536. The molecule has 2 N–H and O–H groups in total. The van der Waals surface area contributed by atoms with Gasteiger partial charge in [-0.3, -0.25) is 9.59 Å². The average Bonchev–Trinajstić information content (AvgIpc) is 2.82. The molecule has 36 heavy (non-hydrogen) atoms. The third-order valence-corrected chi connectivity index (χ3v) is 6.54. The zero-order valence-electron chi connectivity index (χ0n) is 21.3. The Labute approximate surface area is 211 Å². The van der Waals surface area contributed by atoms with Gasteiger partial charge >= 0.3 is 5.97 Å². The maximum atomic E-state index is 12.1. The van der Waals surface area contributed by atoms with Crippen LogP contribution in [0.2, 0.25) is 0 Å². The van der Waals surface area contributed by atoms with Crippen LogP contribution in [0.1, 0.15) is 81.6 Å². The van der Waals surface area contributed by atoms with E-state index in [4.69, 9.17) is 14.2 Å². The van der Waals surface area contributed by atoms with Crippen molar-refractivity contribution >= 4 is 17.5 Å². The first-order chi connectivity index (χ1) is 17.1. The van der Waals surface area contributed by atoms with Crippen molar-refractivity contribution in [1.82, 2.24) is 0 Å². The Morgan fingerprint density at radius 2 is 1.78 bits per heavy atom. The number of carboxylic acid groups (broad SMARTS) is 1. The lowest BCUT2D eigenvalue weighted by atomic mass is 9.80. The number of hydrogen-bond donors (Lipinski definition) is 2. The van der Waals surface area contributed by atoms with Gasteiger partial charge in [0.05, 0.1) is 24.5 Å². The van der Waals surface area contributed by atoms with E-state index in [0.29, 0.717) is 67.3 Å². The predicted octanol–water partition coefficient (Wildman–Crippen LogP) is 4.57. The van der Waals surface area contributed by atoms with Crippen LogP contribution in [0.4, 0.5) is 0 Å². The Bertz CT molecular complexity index is 1050. The van der Waals surface area contributed by atoms with Crippen LogP contribution in [0.3, 0.4) is 0 Å². The van der Waals surface area contributed by atoms with E-state index in [1.165, 1.54) is 13.8 Å². The lowest BCUT2D eigenvalue weighted by Gasteiger charge is -2.32. The highest BCUT2D eigenvalue weighted by Crippen LogP contribution is 2.36. The molecule has 1 aliphatic carbocycles. The average molecular weight is 501 g/mol. The molecule has 0 fully saturated rings. The fourth-order valence-corrected chi connectivity index (χ4v) is 4.70. The van der Waals surface area contributed by atoms with E-state index in [9.17, 15) is 24.6 Å². The van der Waals surface area contributed by atoms with Crippen LogP contribution in [0, 0.1) is 0 Å². The number of rotatable bonds is 13. The predicted molar refractivity (Wildman–Crippen MR) is 133 cm³/mol. The number of carboxylic acids is 1. The third kappa shape index (κ3) is 6.75. The SMILES string of the molecule is CCCC1(O)CC(OCCCCCOc2cc3c(cc2C(C)=O)CC[C@@H](C(=O)O)O3)=CC=C1C(C)=O. The van der Waals surface area contributed by atoms with Crippen LogP contribution in [0.15, 0.2) is 35.6 Å². The molecule has 0 aromatic heterocycles.